The number of carboxylic acids is 1. The molecule has 1 saturated carbocycles. The quantitative estimate of drug-likeness (QED) is 0.734. The van der Waals surface area contributed by atoms with Gasteiger partial charge < -0.3 is 15.9 Å². The molecule has 2 aliphatic carbocycles. The first-order chi connectivity index (χ1) is 10.8. The molecule has 0 radical (unpaired) electrons. The number of rotatable bonds is 1. The van der Waals surface area contributed by atoms with E-state index in [1.807, 2.05) is 6.92 Å². The summed E-state index contributed by atoms with van der Waals surface area (Å²) >= 11 is 0. The smallest absolute Gasteiger partial charge is 0.300 e. The van der Waals surface area contributed by atoms with Crippen molar-refractivity contribution < 1.29 is 15.0 Å². The van der Waals surface area contributed by atoms with E-state index in [0.29, 0.717) is 11.7 Å². The lowest BCUT2D eigenvalue weighted by Crippen LogP contribution is -2.26. The first-order valence-electron chi connectivity index (χ1n) is 8.60. The zero-order chi connectivity index (χ0) is 17.1. The van der Waals surface area contributed by atoms with Gasteiger partial charge in [0, 0.05) is 18.5 Å². The average molecular weight is 319 g/mol. The van der Waals surface area contributed by atoms with Crippen LogP contribution in [0.3, 0.4) is 0 Å². The Morgan fingerprint density at radius 3 is 2.30 bits per heavy atom. The maximum absolute atomic E-state index is 10.3. The summed E-state index contributed by atoms with van der Waals surface area (Å²) in [5, 5.41) is 17.8. The topological polar surface area (TPSA) is 83.5 Å². The molecule has 3 rings (SSSR count). The summed E-state index contributed by atoms with van der Waals surface area (Å²) in [5.74, 6) is 0.920. The highest BCUT2D eigenvalue weighted by molar-refractivity contribution is 5.63. The van der Waals surface area contributed by atoms with Crippen molar-refractivity contribution in [2.24, 2.45) is 17.6 Å². The number of hydrogen-bond acceptors (Lipinski definition) is 3. The van der Waals surface area contributed by atoms with Crippen molar-refractivity contribution in [1.29, 1.82) is 0 Å². The minimum Gasteiger partial charge on any atom is -0.507 e. The summed E-state index contributed by atoms with van der Waals surface area (Å²) in [5.41, 5.74) is 11.1. The number of phenolic OH excluding ortho intramolecular Hbond substituents is 1. The molecule has 4 heteroatoms. The van der Waals surface area contributed by atoms with Gasteiger partial charge in [-0.15, -0.1) is 0 Å². The highest BCUT2D eigenvalue weighted by atomic mass is 16.4. The molecule has 2 unspecified atom stereocenters. The summed E-state index contributed by atoms with van der Waals surface area (Å²) in [6.45, 7) is 5.21. The van der Waals surface area contributed by atoms with Crippen LogP contribution < -0.4 is 5.73 Å². The van der Waals surface area contributed by atoms with E-state index in [1.165, 1.54) is 43.2 Å². The SMILES string of the molecule is CC(=O)O.Cc1cc(C)c2c(c1O)C(N)C(C1CCCCC1)C2. The Bertz CT molecular complexity index is 572. The zero-order valence-corrected chi connectivity index (χ0v) is 14.4. The van der Waals surface area contributed by atoms with Crippen LogP contribution in [0.15, 0.2) is 6.07 Å². The molecule has 4 N–H and O–H groups in total. The molecule has 23 heavy (non-hydrogen) atoms. The predicted molar refractivity (Wildman–Crippen MR) is 91.6 cm³/mol. The summed E-state index contributed by atoms with van der Waals surface area (Å²) in [6.07, 6.45) is 7.81. The molecule has 0 amide bonds. The van der Waals surface area contributed by atoms with Crippen molar-refractivity contribution in [1.82, 2.24) is 0 Å². The molecule has 4 nitrogen and oxygen atoms in total. The first kappa shape index (κ1) is 17.8. The molecule has 0 saturated heterocycles. The van der Waals surface area contributed by atoms with Crippen molar-refractivity contribution in [2.75, 3.05) is 0 Å². The lowest BCUT2D eigenvalue weighted by molar-refractivity contribution is -0.134. The van der Waals surface area contributed by atoms with E-state index in [9.17, 15) is 5.11 Å². The number of carbonyl (C=O) groups is 1. The second-order valence-corrected chi connectivity index (χ2v) is 7.06. The monoisotopic (exact) mass is 319 g/mol. The lowest BCUT2D eigenvalue weighted by atomic mass is 9.77. The number of fused-ring (bicyclic) bond motifs is 1. The molecule has 0 heterocycles. The number of nitrogens with two attached hydrogens (primary N) is 1. The van der Waals surface area contributed by atoms with Crippen LogP contribution in [-0.2, 0) is 11.2 Å². The van der Waals surface area contributed by atoms with Gasteiger partial charge in [-0.2, -0.15) is 0 Å². The van der Waals surface area contributed by atoms with Crippen LogP contribution in [0.4, 0.5) is 0 Å². The van der Waals surface area contributed by atoms with Gasteiger partial charge in [0.15, 0.2) is 0 Å². The number of aromatic hydroxyl groups is 1. The molecule has 0 bridgehead atoms. The van der Waals surface area contributed by atoms with E-state index in [4.69, 9.17) is 15.6 Å². The normalized spacial score (nSPS) is 23.8. The fourth-order valence-electron chi connectivity index (χ4n) is 4.28. The molecule has 2 atom stereocenters. The maximum Gasteiger partial charge on any atom is 0.300 e. The minimum atomic E-state index is -0.833. The third-order valence-corrected chi connectivity index (χ3v) is 5.35. The standard InChI is InChI=1S/C17H25NO.C2H4O2/c1-10-8-11(2)17(19)15-13(10)9-14(16(15)18)12-6-4-3-5-7-12;1-2(3)4/h8,12,14,16,19H,3-7,9,18H2,1-2H3;1H3,(H,3,4). The van der Waals surface area contributed by atoms with Gasteiger partial charge >= 0.3 is 0 Å². The van der Waals surface area contributed by atoms with E-state index in [-0.39, 0.29) is 6.04 Å². The largest absolute Gasteiger partial charge is 0.507 e. The Morgan fingerprint density at radius 2 is 1.74 bits per heavy atom. The molecule has 0 spiro atoms. The van der Waals surface area contributed by atoms with Crippen LogP contribution in [0.5, 0.6) is 5.75 Å². The molecule has 2 aliphatic rings. The second-order valence-electron chi connectivity index (χ2n) is 7.06. The van der Waals surface area contributed by atoms with E-state index >= 15 is 0 Å². The zero-order valence-electron chi connectivity index (χ0n) is 14.4. The number of carboxylic acid groups (broad SMARTS) is 1. The Kier molecular flexibility index (Phi) is 5.69. The third kappa shape index (κ3) is 3.86. The number of aryl methyl sites for hydroxylation is 2. The highest BCUT2D eigenvalue weighted by Crippen LogP contribution is 2.48. The number of phenols is 1. The van der Waals surface area contributed by atoms with Crippen molar-refractivity contribution in [2.45, 2.75) is 65.3 Å². The van der Waals surface area contributed by atoms with Gasteiger partial charge in [0.2, 0.25) is 0 Å². The van der Waals surface area contributed by atoms with Crippen LogP contribution >= 0.6 is 0 Å². The average Bonchev–Trinajstić information content (AvgIpc) is 2.84. The van der Waals surface area contributed by atoms with Crippen LogP contribution in [-0.4, -0.2) is 16.2 Å². The minimum absolute atomic E-state index is 0.0386. The van der Waals surface area contributed by atoms with Gasteiger partial charge in [-0.05, 0) is 48.8 Å². The van der Waals surface area contributed by atoms with Gasteiger partial charge in [0.1, 0.15) is 5.75 Å². The molecule has 0 aliphatic heterocycles. The van der Waals surface area contributed by atoms with E-state index < -0.39 is 5.97 Å². The van der Waals surface area contributed by atoms with E-state index in [1.54, 1.807) is 0 Å². The van der Waals surface area contributed by atoms with Gasteiger partial charge in [-0.25, -0.2) is 0 Å². The number of hydrogen-bond donors (Lipinski definition) is 3. The molecular weight excluding hydrogens is 290 g/mol. The summed E-state index contributed by atoms with van der Waals surface area (Å²) in [6, 6.07) is 2.14. The van der Waals surface area contributed by atoms with E-state index in [0.717, 1.165) is 30.4 Å². The predicted octanol–water partition coefficient (Wildman–Crippen LogP) is 3.85. The molecule has 0 aromatic heterocycles. The molecule has 1 aromatic carbocycles. The molecule has 128 valence electrons. The Labute approximate surface area is 138 Å². The Hall–Kier alpha value is -1.55. The fraction of sp³-hybridized carbons (Fsp3) is 0.632. The first-order valence-corrected chi connectivity index (χ1v) is 8.60. The summed E-state index contributed by atoms with van der Waals surface area (Å²) in [4.78, 5) is 9.00. The summed E-state index contributed by atoms with van der Waals surface area (Å²) < 4.78 is 0. The van der Waals surface area contributed by atoms with Crippen molar-refractivity contribution in [3.05, 3.63) is 28.3 Å². The second kappa shape index (κ2) is 7.35. The van der Waals surface area contributed by atoms with Gasteiger partial charge in [-0.3, -0.25) is 4.79 Å². The van der Waals surface area contributed by atoms with Crippen LogP contribution in [0, 0.1) is 25.7 Å². The lowest BCUT2D eigenvalue weighted by Gasteiger charge is -2.30. The number of benzene rings is 1. The molecule has 1 fully saturated rings. The van der Waals surface area contributed by atoms with Crippen LogP contribution in [0.1, 0.15) is 67.3 Å². The fourth-order valence-corrected chi connectivity index (χ4v) is 4.28. The van der Waals surface area contributed by atoms with Crippen LogP contribution in [0.2, 0.25) is 0 Å². The Balaban J connectivity index is 0.000000433. The molecular formula is C19H29NO3. The van der Waals surface area contributed by atoms with Gasteiger partial charge in [-0.1, -0.05) is 38.2 Å². The van der Waals surface area contributed by atoms with E-state index in [2.05, 4.69) is 13.0 Å². The summed E-state index contributed by atoms with van der Waals surface area (Å²) in [7, 11) is 0. The van der Waals surface area contributed by atoms with Gasteiger partial charge in [0.25, 0.3) is 5.97 Å². The van der Waals surface area contributed by atoms with Crippen LogP contribution in [0.25, 0.3) is 0 Å². The van der Waals surface area contributed by atoms with Gasteiger partial charge in [0.05, 0.1) is 0 Å². The van der Waals surface area contributed by atoms with Crippen molar-refractivity contribution in [3.8, 4) is 5.75 Å². The number of aliphatic carboxylic acids is 1. The highest BCUT2D eigenvalue weighted by Gasteiger charge is 2.38. The van der Waals surface area contributed by atoms with Crippen molar-refractivity contribution >= 4 is 5.97 Å². The maximum atomic E-state index is 10.3. The molecule has 1 aromatic rings. The third-order valence-electron chi connectivity index (χ3n) is 5.35. The Morgan fingerprint density at radius 1 is 1.17 bits per heavy atom. The van der Waals surface area contributed by atoms with Crippen molar-refractivity contribution in [3.63, 3.8) is 0 Å².